The van der Waals surface area contributed by atoms with Crippen LogP contribution in [0.3, 0.4) is 0 Å². The fourth-order valence-corrected chi connectivity index (χ4v) is 3.46. The monoisotopic (exact) mass is 298 g/mol. The van der Waals surface area contributed by atoms with Gasteiger partial charge < -0.3 is 16.0 Å². The van der Waals surface area contributed by atoms with Crippen LogP contribution < -0.4 is 11.1 Å². The first-order chi connectivity index (χ1) is 9.95. The maximum atomic E-state index is 12.0. The number of likely N-dealkylation sites (N-methyl/N-ethyl adjacent to an activating group) is 2. The molecule has 1 rings (SSSR count). The Kier molecular flexibility index (Phi) is 7.63. The van der Waals surface area contributed by atoms with Gasteiger partial charge in [0.25, 0.3) is 0 Å². The minimum absolute atomic E-state index is 0.182. The number of nitrogens with zero attached hydrogens (tertiary/aromatic N) is 2. The van der Waals surface area contributed by atoms with Crippen LogP contribution in [0.5, 0.6) is 0 Å². The first-order valence-electron chi connectivity index (χ1n) is 8.39. The first kappa shape index (κ1) is 18.4. The lowest BCUT2D eigenvalue weighted by molar-refractivity contribution is -0.126. The molecule has 5 heteroatoms. The van der Waals surface area contributed by atoms with Gasteiger partial charge in [-0.1, -0.05) is 13.8 Å². The molecule has 1 aliphatic carbocycles. The molecule has 0 saturated heterocycles. The van der Waals surface area contributed by atoms with E-state index in [0.717, 1.165) is 51.9 Å². The molecular formula is C16H34N4O. The van der Waals surface area contributed by atoms with Gasteiger partial charge in [0, 0.05) is 19.1 Å². The summed E-state index contributed by atoms with van der Waals surface area (Å²) in [6, 6.07) is 0.463. The van der Waals surface area contributed by atoms with Crippen molar-refractivity contribution in [3.63, 3.8) is 0 Å². The zero-order valence-electron chi connectivity index (χ0n) is 14.3. The summed E-state index contributed by atoms with van der Waals surface area (Å²) in [7, 11) is 4.22. The zero-order chi connectivity index (χ0) is 15.9. The Morgan fingerprint density at radius 2 is 2.00 bits per heavy atom. The van der Waals surface area contributed by atoms with Crippen molar-refractivity contribution in [3.8, 4) is 0 Å². The number of hydrogen-bond acceptors (Lipinski definition) is 4. The summed E-state index contributed by atoms with van der Waals surface area (Å²) in [6.07, 6.45) is 5.12. The van der Waals surface area contributed by atoms with Gasteiger partial charge in [-0.05, 0) is 59.3 Å². The Morgan fingerprint density at radius 1 is 1.29 bits per heavy atom. The number of hydrogen-bond donors (Lipinski definition) is 2. The Balaban J connectivity index is 2.76. The molecule has 0 aromatic rings. The molecule has 5 nitrogen and oxygen atoms in total. The van der Waals surface area contributed by atoms with Gasteiger partial charge >= 0.3 is 0 Å². The lowest BCUT2D eigenvalue weighted by Crippen LogP contribution is -2.61. The van der Waals surface area contributed by atoms with Crippen LogP contribution >= 0.6 is 0 Å². The quantitative estimate of drug-likeness (QED) is 0.667. The van der Waals surface area contributed by atoms with Crippen LogP contribution in [-0.2, 0) is 4.79 Å². The molecule has 0 aromatic carbocycles. The minimum atomic E-state index is -0.498. The van der Waals surface area contributed by atoms with E-state index in [-0.39, 0.29) is 5.91 Å². The molecule has 0 aromatic heterocycles. The molecule has 0 heterocycles. The van der Waals surface area contributed by atoms with Crippen LogP contribution in [0.4, 0.5) is 0 Å². The number of carbonyl (C=O) groups is 1. The Hall–Kier alpha value is -0.650. The molecule has 0 bridgehead atoms. The minimum Gasteiger partial charge on any atom is -0.368 e. The highest BCUT2D eigenvalue weighted by Crippen LogP contribution is 2.31. The summed E-state index contributed by atoms with van der Waals surface area (Å²) in [5.41, 5.74) is 5.22. The van der Waals surface area contributed by atoms with Crippen molar-refractivity contribution >= 4 is 5.91 Å². The van der Waals surface area contributed by atoms with E-state index in [1.807, 2.05) is 6.92 Å². The predicted molar refractivity (Wildman–Crippen MR) is 88.3 cm³/mol. The summed E-state index contributed by atoms with van der Waals surface area (Å²) in [6.45, 7) is 8.27. The van der Waals surface area contributed by atoms with Crippen molar-refractivity contribution < 1.29 is 4.79 Å². The van der Waals surface area contributed by atoms with Gasteiger partial charge in [0.2, 0.25) is 5.91 Å². The van der Waals surface area contributed by atoms with E-state index in [1.54, 1.807) is 0 Å². The Bertz CT molecular complexity index is 317. The molecule has 1 fully saturated rings. The summed E-state index contributed by atoms with van der Waals surface area (Å²) in [4.78, 5) is 16.8. The molecule has 1 saturated carbocycles. The SMILES string of the molecule is CCCN(CCN(C)C)C1CCCC(NCC)(C(N)=O)C1. The van der Waals surface area contributed by atoms with Gasteiger partial charge in [0.1, 0.15) is 0 Å². The average molecular weight is 298 g/mol. The molecule has 21 heavy (non-hydrogen) atoms. The van der Waals surface area contributed by atoms with Crippen LogP contribution in [0.2, 0.25) is 0 Å². The molecule has 2 atom stereocenters. The van der Waals surface area contributed by atoms with E-state index in [9.17, 15) is 4.79 Å². The number of nitrogens with two attached hydrogens (primary N) is 1. The van der Waals surface area contributed by atoms with Crippen molar-refractivity contribution in [2.75, 3.05) is 40.3 Å². The highest BCUT2D eigenvalue weighted by atomic mass is 16.1. The molecule has 2 unspecified atom stereocenters. The van der Waals surface area contributed by atoms with E-state index in [2.05, 4.69) is 36.1 Å². The van der Waals surface area contributed by atoms with E-state index in [4.69, 9.17) is 5.73 Å². The third-order valence-electron chi connectivity index (χ3n) is 4.57. The largest absolute Gasteiger partial charge is 0.368 e. The normalized spacial score (nSPS) is 26.5. The number of primary amides is 1. The standard InChI is InChI=1S/C16H34N4O/c1-5-10-20(12-11-19(3)4)14-8-7-9-16(13-14,15(17)21)18-6-2/h14,18H,5-13H2,1-4H3,(H2,17,21). The molecule has 1 amide bonds. The highest BCUT2D eigenvalue weighted by molar-refractivity contribution is 5.84. The van der Waals surface area contributed by atoms with E-state index >= 15 is 0 Å². The maximum Gasteiger partial charge on any atom is 0.237 e. The molecular weight excluding hydrogens is 264 g/mol. The lowest BCUT2D eigenvalue weighted by Gasteiger charge is -2.43. The Morgan fingerprint density at radius 3 is 2.52 bits per heavy atom. The molecule has 0 aliphatic heterocycles. The fraction of sp³-hybridized carbons (Fsp3) is 0.938. The predicted octanol–water partition coefficient (Wildman–Crippen LogP) is 1.04. The average Bonchev–Trinajstić information content (AvgIpc) is 2.43. The molecule has 0 radical (unpaired) electrons. The number of rotatable bonds is 9. The lowest BCUT2D eigenvalue weighted by atomic mass is 9.77. The fourth-order valence-electron chi connectivity index (χ4n) is 3.46. The maximum absolute atomic E-state index is 12.0. The number of nitrogens with one attached hydrogen (secondary N) is 1. The second kappa shape index (κ2) is 8.71. The van der Waals surface area contributed by atoms with Gasteiger partial charge in [-0.15, -0.1) is 0 Å². The molecule has 0 spiro atoms. The van der Waals surface area contributed by atoms with Crippen molar-refractivity contribution in [2.24, 2.45) is 5.73 Å². The molecule has 1 aliphatic rings. The second-order valence-electron chi connectivity index (χ2n) is 6.57. The van der Waals surface area contributed by atoms with Crippen molar-refractivity contribution in [1.29, 1.82) is 0 Å². The summed E-state index contributed by atoms with van der Waals surface area (Å²) in [5, 5.41) is 3.38. The summed E-state index contributed by atoms with van der Waals surface area (Å²) >= 11 is 0. The van der Waals surface area contributed by atoms with Gasteiger partial charge in [-0.25, -0.2) is 0 Å². The molecule has 3 N–H and O–H groups in total. The highest BCUT2D eigenvalue weighted by Gasteiger charge is 2.42. The van der Waals surface area contributed by atoms with Crippen molar-refractivity contribution in [1.82, 2.24) is 15.1 Å². The summed E-state index contributed by atoms with van der Waals surface area (Å²) in [5.74, 6) is -0.182. The van der Waals surface area contributed by atoms with Gasteiger partial charge in [-0.3, -0.25) is 9.69 Å². The van der Waals surface area contributed by atoms with Crippen molar-refractivity contribution in [2.45, 2.75) is 57.5 Å². The van der Waals surface area contributed by atoms with Gasteiger partial charge in [0.05, 0.1) is 5.54 Å². The van der Waals surface area contributed by atoms with E-state index in [0.29, 0.717) is 6.04 Å². The van der Waals surface area contributed by atoms with Crippen LogP contribution in [0, 0.1) is 0 Å². The third-order valence-corrected chi connectivity index (χ3v) is 4.57. The van der Waals surface area contributed by atoms with Gasteiger partial charge in [0.15, 0.2) is 0 Å². The second-order valence-corrected chi connectivity index (χ2v) is 6.57. The van der Waals surface area contributed by atoms with Crippen LogP contribution in [0.15, 0.2) is 0 Å². The smallest absolute Gasteiger partial charge is 0.237 e. The zero-order valence-corrected chi connectivity index (χ0v) is 14.3. The third kappa shape index (κ3) is 5.24. The van der Waals surface area contributed by atoms with E-state index < -0.39 is 5.54 Å². The first-order valence-corrected chi connectivity index (χ1v) is 8.39. The van der Waals surface area contributed by atoms with Gasteiger partial charge in [-0.2, -0.15) is 0 Å². The van der Waals surface area contributed by atoms with Crippen LogP contribution in [-0.4, -0.2) is 67.6 Å². The topological polar surface area (TPSA) is 61.6 Å². The number of amides is 1. The number of carbonyl (C=O) groups excluding carboxylic acids is 1. The van der Waals surface area contributed by atoms with Crippen LogP contribution in [0.25, 0.3) is 0 Å². The van der Waals surface area contributed by atoms with Crippen molar-refractivity contribution in [3.05, 3.63) is 0 Å². The van der Waals surface area contributed by atoms with Crippen LogP contribution in [0.1, 0.15) is 46.0 Å². The summed E-state index contributed by atoms with van der Waals surface area (Å²) < 4.78 is 0. The van der Waals surface area contributed by atoms with E-state index in [1.165, 1.54) is 6.42 Å². The Labute approximate surface area is 130 Å². The molecule has 124 valence electrons.